The normalized spacial score (nSPS) is 13.2. The molecular weight excluding hydrogens is 829 g/mol. The van der Waals surface area contributed by atoms with Gasteiger partial charge in [-0.2, -0.15) is 0 Å². The maximum Gasteiger partial charge on any atom is 0.329 e. The monoisotopic (exact) mass is 917 g/mol. The van der Waals surface area contributed by atoms with Crippen molar-refractivity contribution in [3.63, 3.8) is 0 Å². The highest BCUT2D eigenvalue weighted by atomic mass is 16.6. The van der Waals surface area contributed by atoms with Gasteiger partial charge in [0.2, 0.25) is 0 Å². The average molecular weight is 917 g/mol. The molecule has 4 aromatic rings. The van der Waals surface area contributed by atoms with Crippen LogP contribution in [0.1, 0.15) is 221 Å². The summed E-state index contributed by atoms with van der Waals surface area (Å²) >= 11 is 0. The van der Waals surface area contributed by atoms with Crippen molar-refractivity contribution >= 4 is 11.9 Å². The van der Waals surface area contributed by atoms with E-state index in [4.69, 9.17) is 9.47 Å². The highest BCUT2D eigenvalue weighted by molar-refractivity contribution is 6.02. The molecule has 0 aliphatic rings. The van der Waals surface area contributed by atoms with Gasteiger partial charge < -0.3 is 19.7 Å². The number of phenolic OH excluding ortho intramolecular Hbond substituents is 2. The van der Waals surface area contributed by atoms with Gasteiger partial charge >= 0.3 is 11.9 Å². The lowest BCUT2D eigenvalue weighted by molar-refractivity contribution is -0.161. The third kappa shape index (κ3) is 13.8. The van der Waals surface area contributed by atoms with E-state index < -0.39 is 39.0 Å². The van der Waals surface area contributed by atoms with Crippen LogP contribution in [0.4, 0.5) is 0 Å². The number of rotatable bonds is 18. The van der Waals surface area contributed by atoms with Gasteiger partial charge in [-0.25, -0.2) is 0 Å². The van der Waals surface area contributed by atoms with Gasteiger partial charge in [-0.1, -0.05) is 212 Å². The quantitative estimate of drug-likeness (QED) is 0.0447. The van der Waals surface area contributed by atoms with Crippen LogP contribution in [0.15, 0.2) is 72.8 Å². The number of esters is 2. The van der Waals surface area contributed by atoms with Gasteiger partial charge in [0.15, 0.2) is 5.41 Å². The van der Waals surface area contributed by atoms with Crippen LogP contribution in [0.2, 0.25) is 0 Å². The van der Waals surface area contributed by atoms with Gasteiger partial charge in [0.25, 0.3) is 0 Å². The molecule has 0 heterocycles. The molecule has 0 fully saturated rings. The number of carbonyl (C=O) groups excluding carboxylic acids is 2. The Morgan fingerprint density at radius 3 is 0.940 bits per heavy atom. The van der Waals surface area contributed by atoms with Gasteiger partial charge in [0.1, 0.15) is 23.0 Å². The molecule has 0 aromatic heterocycles. The minimum Gasteiger partial charge on any atom is -0.507 e. The first-order chi connectivity index (χ1) is 30.8. The zero-order chi connectivity index (χ0) is 50.6. The molecule has 0 radical (unpaired) electrons. The van der Waals surface area contributed by atoms with Crippen molar-refractivity contribution in [2.75, 3.05) is 0 Å². The molecule has 0 aliphatic carbocycles. The number of benzene rings is 4. The summed E-state index contributed by atoms with van der Waals surface area (Å²) in [6, 6.07) is 23.2. The van der Waals surface area contributed by atoms with Crippen molar-refractivity contribution in [3.05, 3.63) is 117 Å². The molecule has 0 saturated carbocycles. The topological polar surface area (TPSA) is 93.1 Å². The molecule has 0 spiro atoms. The number of hydrogen-bond acceptors (Lipinski definition) is 6. The van der Waals surface area contributed by atoms with Gasteiger partial charge in [0.05, 0.1) is 0 Å². The Hall–Kier alpha value is -4.58. The Kier molecular flexibility index (Phi) is 17.2. The van der Waals surface area contributed by atoms with E-state index in [1.54, 1.807) is 0 Å². The summed E-state index contributed by atoms with van der Waals surface area (Å²) in [6.45, 7) is 38.0. The molecule has 0 aliphatic heterocycles. The van der Waals surface area contributed by atoms with Crippen molar-refractivity contribution < 1.29 is 29.3 Å². The SMILES string of the molecule is CCCCCC(C)(C)c1ccc(OC(=O)C(Cc2cc(C(C)(C)C)c(O)c(C(C)(C)C)c2)(Cc2cc(C(C)(C)C)c(O)c(C(C)(C)C)c2)C(=O)Oc2ccc(C(C)(C)CCCCC)cc2)cc1. The smallest absolute Gasteiger partial charge is 0.329 e. The van der Waals surface area contributed by atoms with Crippen LogP contribution in [0.3, 0.4) is 0 Å². The minimum absolute atomic E-state index is 0.0751. The van der Waals surface area contributed by atoms with E-state index in [0.29, 0.717) is 22.6 Å². The number of phenols is 2. The van der Waals surface area contributed by atoms with Crippen molar-refractivity contribution in [3.8, 4) is 23.0 Å². The lowest BCUT2D eigenvalue weighted by atomic mass is 9.71. The second kappa shape index (κ2) is 21.0. The minimum atomic E-state index is -1.95. The van der Waals surface area contributed by atoms with Gasteiger partial charge in [-0.3, -0.25) is 9.59 Å². The molecule has 67 heavy (non-hydrogen) atoms. The fraction of sp³-hybridized carbons (Fsp3) is 0.574. The van der Waals surface area contributed by atoms with Crippen molar-refractivity contribution in [1.29, 1.82) is 0 Å². The Morgan fingerprint density at radius 1 is 0.433 bits per heavy atom. The first-order valence-corrected chi connectivity index (χ1v) is 25.2. The molecule has 4 aromatic carbocycles. The summed E-state index contributed by atoms with van der Waals surface area (Å²) in [6.07, 6.45) is 8.79. The number of ether oxygens (including phenoxy) is 2. The summed E-state index contributed by atoms with van der Waals surface area (Å²) in [5.41, 5.74) is 2.58. The molecule has 0 unspecified atom stereocenters. The third-order valence-corrected chi connectivity index (χ3v) is 13.9. The van der Waals surface area contributed by atoms with Gasteiger partial charge in [-0.05, 0) is 127 Å². The molecule has 6 nitrogen and oxygen atoms in total. The van der Waals surface area contributed by atoms with E-state index in [9.17, 15) is 10.2 Å². The van der Waals surface area contributed by atoms with Gasteiger partial charge in [0, 0.05) is 0 Å². The lowest BCUT2D eigenvalue weighted by Gasteiger charge is -2.33. The predicted molar refractivity (Wildman–Crippen MR) is 279 cm³/mol. The number of aromatic hydroxyl groups is 2. The first-order valence-electron chi connectivity index (χ1n) is 25.2. The van der Waals surface area contributed by atoms with E-state index in [1.165, 1.54) is 12.8 Å². The second-order valence-electron chi connectivity index (χ2n) is 25.0. The summed E-state index contributed by atoms with van der Waals surface area (Å²) in [5.74, 6) is -0.412. The summed E-state index contributed by atoms with van der Waals surface area (Å²) in [4.78, 5) is 31.4. The fourth-order valence-corrected chi connectivity index (χ4v) is 9.29. The Balaban J connectivity index is 2.04. The van der Waals surface area contributed by atoms with E-state index in [-0.39, 0.29) is 35.2 Å². The lowest BCUT2D eigenvalue weighted by Crippen LogP contribution is -2.48. The van der Waals surface area contributed by atoms with E-state index in [0.717, 1.165) is 71.9 Å². The van der Waals surface area contributed by atoms with Crippen LogP contribution in [0.5, 0.6) is 23.0 Å². The summed E-state index contributed by atoms with van der Waals surface area (Å²) in [7, 11) is 0. The summed E-state index contributed by atoms with van der Waals surface area (Å²) in [5, 5.41) is 23.7. The Labute approximate surface area is 406 Å². The van der Waals surface area contributed by atoms with Crippen LogP contribution >= 0.6 is 0 Å². The molecule has 0 bridgehead atoms. The van der Waals surface area contributed by atoms with Crippen LogP contribution in [-0.4, -0.2) is 22.2 Å². The van der Waals surface area contributed by atoms with Crippen molar-refractivity contribution in [2.45, 2.75) is 221 Å². The Bertz CT molecular complexity index is 2060. The Morgan fingerprint density at radius 2 is 0.701 bits per heavy atom. The average Bonchev–Trinajstić information content (AvgIpc) is 3.20. The van der Waals surface area contributed by atoms with Crippen LogP contribution in [0, 0.1) is 5.41 Å². The molecular formula is C61H88O6. The molecule has 0 atom stereocenters. The maximum atomic E-state index is 15.7. The summed E-state index contributed by atoms with van der Waals surface area (Å²) < 4.78 is 12.9. The molecule has 0 saturated heterocycles. The third-order valence-electron chi connectivity index (χ3n) is 13.9. The zero-order valence-electron chi connectivity index (χ0n) is 45.0. The predicted octanol–water partition coefficient (Wildman–Crippen LogP) is 16.0. The zero-order valence-corrected chi connectivity index (χ0v) is 45.0. The maximum absolute atomic E-state index is 15.7. The fourth-order valence-electron chi connectivity index (χ4n) is 9.29. The van der Waals surface area contributed by atoms with E-state index >= 15 is 9.59 Å². The van der Waals surface area contributed by atoms with Crippen molar-refractivity contribution in [1.82, 2.24) is 0 Å². The van der Waals surface area contributed by atoms with Crippen LogP contribution < -0.4 is 9.47 Å². The number of hydrogen-bond donors (Lipinski definition) is 2. The second-order valence-corrected chi connectivity index (χ2v) is 25.0. The van der Waals surface area contributed by atoms with E-state index in [1.807, 2.05) is 72.8 Å². The van der Waals surface area contributed by atoms with Gasteiger partial charge in [-0.15, -0.1) is 0 Å². The highest BCUT2D eigenvalue weighted by Gasteiger charge is 2.51. The molecule has 6 heteroatoms. The largest absolute Gasteiger partial charge is 0.507 e. The molecule has 4 rings (SSSR count). The standard InChI is InChI=1S/C61H88O6/c1-19-21-23-33-59(15,16)43-25-29-45(30-26-43)66-53(64)61(39-41-35-47(55(3,4)5)51(62)48(36-41)56(6,7)8,40-42-37-49(57(9,10)11)52(63)50(38-42)58(12,13)14)54(65)67-46-31-27-44(28-32-46)60(17,18)34-24-22-20-2/h25-32,35-38,62-63H,19-24,33-34,39-40H2,1-18H3. The molecule has 2 N–H and O–H groups in total. The number of carbonyl (C=O) groups is 2. The number of unbranched alkanes of at least 4 members (excludes halogenated alkanes) is 4. The van der Waals surface area contributed by atoms with Crippen LogP contribution in [-0.2, 0) is 54.9 Å². The first kappa shape index (κ1) is 55.0. The molecule has 368 valence electrons. The van der Waals surface area contributed by atoms with Crippen molar-refractivity contribution in [2.24, 2.45) is 5.41 Å². The van der Waals surface area contributed by atoms with Crippen LogP contribution in [0.25, 0.3) is 0 Å². The van der Waals surface area contributed by atoms with E-state index in [2.05, 4.69) is 125 Å². The highest BCUT2D eigenvalue weighted by Crippen LogP contribution is 2.45. The molecule has 0 amide bonds.